The van der Waals surface area contributed by atoms with Crippen LogP contribution >= 0.6 is 0 Å². The summed E-state index contributed by atoms with van der Waals surface area (Å²) in [5.41, 5.74) is 2.51. The summed E-state index contributed by atoms with van der Waals surface area (Å²) in [5.74, 6) is -1.50. The number of Topliss-reactive ketones (excluding diaryl/α,β-unsaturated/α-hetero) is 1. The third kappa shape index (κ3) is 3.88. The van der Waals surface area contributed by atoms with E-state index in [9.17, 15) is 18.0 Å². The molecule has 0 aliphatic heterocycles. The lowest BCUT2D eigenvalue weighted by Gasteiger charge is -2.20. The molecule has 0 fully saturated rings. The number of para-hydroxylation sites is 1. The molecule has 8 heteroatoms. The quantitative estimate of drug-likeness (QED) is 0.444. The number of nitrogens with one attached hydrogen (secondary N) is 2. The second kappa shape index (κ2) is 8.41. The highest BCUT2D eigenvalue weighted by atomic mass is 32.2. The number of hydrogen-bond acceptors (Lipinski definition) is 4. The molecule has 0 aliphatic carbocycles. The predicted molar refractivity (Wildman–Crippen MR) is 117 cm³/mol. The minimum atomic E-state index is -3.70. The van der Waals surface area contributed by atoms with Gasteiger partial charge in [0, 0.05) is 35.4 Å². The van der Waals surface area contributed by atoms with Crippen LogP contribution in [0.4, 0.5) is 5.69 Å². The van der Waals surface area contributed by atoms with E-state index in [4.69, 9.17) is 0 Å². The number of benzene rings is 2. The molecule has 30 heavy (non-hydrogen) atoms. The van der Waals surface area contributed by atoms with E-state index in [2.05, 4.69) is 10.3 Å². The molecule has 0 atom stereocenters. The molecular formula is C22H25N3O4S. The molecule has 158 valence electrons. The van der Waals surface area contributed by atoms with Crippen LogP contribution in [0.1, 0.15) is 35.5 Å². The Hall–Kier alpha value is -2.97. The van der Waals surface area contributed by atoms with Crippen LogP contribution in [0.3, 0.4) is 0 Å². The Morgan fingerprint density at radius 1 is 1.03 bits per heavy atom. The number of nitrogens with zero attached hydrogens (tertiary/aromatic N) is 1. The average Bonchev–Trinajstić information content (AvgIpc) is 3.05. The van der Waals surface area contributed by atoms with Gasteiger partial charge in [-0.2, -0.15) is 4.31 Å². The van der Waals surface area contributed by atoms with Crippen molar-refractivity contribution in [1.29, 1.82) is 0 Å². The van der Waals surface area contributed by atoms with Crippen molar-refractivity contribution >= 4 is 38.3 Å². The van der Waals surface area contributed by atoms with E-state index in [1.807, 2.05) is 12.1 Å². The number of anilines is 1. The van der Waals surface area contributed by atoms with Crippen molar-refractivity contribution in [2.24, 2.45) is 0 Å². The third-order valence-corrected chi connectivity index (χ3v) is 7.29. The van der Waals surface area contributed by atoms with Crippen LogP contribution in [0.5, 0.6) is 0 Å². The summed E-state index contributed by atoms with van der Waals surface area (Å²) >= 11 is 0. The summed E-state index contributed by atoms with van der Waals surface area (Å²) in [5, 5.41) is 3.22. The zero-order chi connectivity index (χ0) is 22.1. The van der Waals surface area contributed by atoms with E-state index in [1.165, 1.54) is 10.4 Å². The minimum Gasteiger partial charge on any atom is -0.358 e. The van der Waals surface area contributed by atoms with Crippen LogP contribution < -0.4 is 5.32 Å². The Bertz CT molecular complexity index is 1220. The van der Waals surface area contributed by atoms with Crippen LogP contribution in [0.15, 0.2) is 47.4 Å². The molecule has 2 aromatic carbocycles. The molecule has 1 amide bonds. The number of amides is 1. The average molecular weight is 428 g/mol. The van der Waals surface area contributed by atoms with E-state index in [-0.39, 0.29) is 10.6 Å². The minimum absolute atomic E-state index is 0.111. The molecule has 7 nitrogen and oxygen atoms in total. The number of sulfonamides is 1. The van der Waals surface area contributed by atoms with Gasteiger partial charge in [0.1, 0.15) is 0 Å². The number of hydrogen-bond donors (Lipinski definition) is 2. The van der Waals surface area contributed by atoms with E-state index in [1.54, 1.807) is 52.0 Å². The lowest BCUT2D eigenvalue weighted by Crippen LogP contribution is -2.31. The first kappa shape index (κ1) is 21.7. The smallest absolute Gasteiger partial charge is 0.296 e. The standard InChI is InChI=1S/C22H25N3O4S/c1-5-25(6-2)30(28,29)19-13-16(12-11-14(19)3)24-22(27)21(26)20-15(4)23-18-10-8-7-9-17(18)20/h7-13,23H,5-6H2,1-4H3,(H,24,27). The summed E-state index contributed by atoms with van der Waals surface area (Å²) < 4.78 is 27.2. The van der Waals surface area contributed by atoms with Gasteiger partial charge in [0.25, 0.3) is 11.7 Å². The molecule has 0 bridgehead atoms. The Morgan fingerprint density at radius 2 is 1.70 bits per heavy atom. The van der Waals surface area contributed by atoms with E-state index in [0.717, 1.165) is 5.52 Å². The van der Waals surface area contributed by atoms with E-state index >= 15 is 0 Å². The van der Waals surface area contributed by atoms with Crippen molar-refractivity contribution in [1.82, 2.24) is 9.29 Å². The Balaban J connectivity index is 1.92. The maximum Gasteiger partial charge on any atom is 0.296 e. The molecule has 3 aromatic rings. The molecule has 0 aliphatic rings. The number of aromatic amines is 1. The normalized spacial score (nSPS) is 11.8. The fourth-order valence-corrected chi connectivity index (χ4v) is 5.24. The fraction of sp³-hybridized carbons (Fsp3) is 0.273. The third-order valence-electron chi connectivity index (χ3n) is 5.10. The topological polar surface area (TPSA) is 99.3 Å². The zero-order valence-electron chi connectivity index (χ0n) is 17.4. The zero-order valence-corrected chi connectivity index (χ0v) is 18.3. The Labute approximate surface area is 176 Å². The number of H-pyrrole nitrogens is 1. The maximum atomic E-state index is 12.9. The summed E-state index contributed by atoms with van der Waals surface area (Å²) in [4.78, 5) is 28.7. The van der Waals surface area contributed by atoms with E-state index in [0.29, 0.717) is 35.3 Å². The van der Waals surface area contributed by atoms with Crippen LogP contribution in [-0.4, -0.2) is 42.5 Å². The molecule has 3 rings (SSSR count). The summed E-state index contributed by atoms with van der Waals surface area (Å²) in [7, 11) is -3.70. The van der Waals surface area contributed by atoms with Crippen LogP contribution in [0, 0.1) is 13.8 Å². The monoisotopic (exact) mass is 427 g/mol. The van der Waals surface area contributed by atoms with E-state index < -0.39 is 21.7 Å². The molecule has 1 heterocycles. The fourth-order valence-electron chi connectivity index (χ4n) is 3.53. The highest BCUT2D eigenvalue weighted by molar-refractivity contribution is 7.89. The number of aryl methyl sites for hydroxylation is 2. The highest BCUT2D eigenvalue weighted by Gasteiger charge is 2.26. The first-order valence-electron chi connectivity index (χ1n) is 9.74. The molecule has 0 unspecified atom stereocenters. The second-order valence-electron chi connectivity index (χ2n) is 7.02. The van der Waals surface area contributed by atoms with Crippen molar-refractivity contribution < 1.29 is 18.0 Å². The summed E-state index contributed by atoms with van der Waals surface area (Å²) in [6.07, 6.45) is 0. The lowest BCUT2D eigenvalue weighted by atomic mass is 10.1. The predicted octanol–water partition coefficient (Wildman–Crippen LogP) is 3.64. The second-order valence-corrected chi connectivity index (χ2v) is 8.93. The van der Waals surface area contributed by atoms with Crippen LogP contribution in [-0.2, 0) is 14.8 Å². The van der Waals surface area contributed by atoms with Crippen molar-refractivity contribution in [2.45, 2.75) is 32.6 Å². The van der Waals surface area contributed by atoms with Crippen LogP contribution in [0.2, 0.25) is 0 Å². The lowest BCUT2D eigenvalue weighted by molar-refractivity contribution is -0.112. The number of aromatic nitrogens is 1. The van der Waals surface area contributed by atoms with Crippen molar-refractivity contribution in [3.8, 4) is 0 Å². The van der Waals surface area contributed by atoms with Gasteiger partial charge < -0.3 is 10.3 Å². The largest absolute Gasteiger partial charge is 0.358 e. The summed E-state index contributed by atoms with van der Waals surface area (Å²) in [6.45, 7) is 7.65. The number of carbonyl (C=O) groups is 2. The van der Waals surface area contributed by atoms with Gasteiger partial charge in [-0.15, -0.1) is 0 Å². The van der Waals surface area contributed by atoms with Gasteiger partial charge in [0.05, 0.1) is 10.5 Å². The van der Waals surface area contributed by atoms with Gasteiger partial charge in [-0.25, -0.2) is 8.42 Å². The molecule has 0 radical (unpaired) electrons. The van der Waals surface area contributed by atoms with Crippen molar-refractivity contribution in [2.75, 3.05) is 18.4 Å². The Kier molecular flexibility index (Phi) is 6.09. The Morgan fingerprint density at radius 3 is 2.37 bits per heavy atom. The first-order chi connectivity index (χ1) is 14.2. The van der Waals surface area contributed by atoms with Gasteiger partial charge in [-0.05, 0) is 37.6 Å². The molecule has 0 saturated heterocycles. The number of rotatable bonds is 7. The first-order valence-corrected chi connectivity index (χ1v) is 11.2. The molecule has 0 saturated carbocycles. The van der Waals surface area contributed by atoms with Gasteiger partial charge in [-0.3, -0.25) is 9.59 Å². The number of ketones is 1. The number of carbonyl (C=O) groups excluding carboxylic acids is 2. The van der Waals surface area contributed by atoms with Gasteiger partial charge >= 0.3 is 0 Å². The SMILES string of the molecule is CCN(CC)S(=O)(=O)c1cc(NC(=O)C(=O)c2c(C)[nH]c3ccccc23)ccc1C. The molecule has 2 N–H and O–H groups in total. The maximum absolute atomic E-state index is 12.9. The molecular weight excluding hydrogens is 402 g/mol. The van der Waals surface area contributed by atoms with Gasteiger partial charge in [-0.1, -0.05) is 38.1 Å². The number of fused-ring (bicyclic) bond motifs is 1. The van der Waals surface area contributed by atoms with Crippen LogP contribution in [0.25, 0.3) is 10.9 Å². The van der Waals surface area contributed by atoms with Gasteiger partial charge in [0.2, 0.25) is 10.0 Å². The van der Waals surface area contributed by atoms with Crippen molar-refractivity contribution in [3.63, 3.8) is 0 Å². The van der Waals surface area contributed by atoms with Crippen molar-refractivity contribution in [3.05, 3.63) is 59.3 Å². The molecule has 0 spiro atoms. The van der Waals surface area contributed by atoms with Gasteiger partial charge in [0.15, 0.2) is 0 Å². The molecule has 1 aromatic heterocycles. The summed E-state index contributed by atoms with van der Waals surface area (Å²) in [6, 6.07) is 11.9. The highest BCUT2D eigenvalue weighted by Crippen LogP contribution is 2.25.